The third-order valence-corrected chi connectivity index (χ3v) is 5.27. The summed E-state index contributed by atoms with van der Waals surface area (Å²) in [5, 5.41) is 0. The van der Waals surface area contributed by atoms with Crippen LogP contribution in [-0.4, -0.2) is 55.3 Å². The summed E-state index contributed by atoms with van der Waals surface area (Å²) in [5.74, 6) is -0.00715. The number of methoxy groups -OCH3 is 1. The number of ether oxygens (including phenoxy) is 2. The molecule has 126 valence electrons. The quantitative estimate of drug-likeness (QED) is 0.833. The second-order valence-electron chi connectivity index (χ2n) is 6.49. The van der Waals surface area contributed by atoms with E-state index in [0.717, 1.165) is 32.4 Å². The molecule has 6 heteroatoms. The van der Waals surface area contributed by atoms with E-state index in [4.69, 9.17) is 9.47 Å². The molecule has 1 aliphatic heterocycles. The van der Waals surface area contributed by atoms with Crippen molar-refractivity contribution in [3.8, 4) is 0 Å². The number of hydrogen-bond acceptors (Lipinski definition) is 4. The van der Waals surface area contributed by atoms with Crippen LogP contribution in [0.25, 0.3) is 0 Å². The Labute approximate surface area is 135 Å². The van der Waals surface area contributed by atoms with Gasteiger partial charge in [-0.05, 0) is 31.7 Å². The topological polar surface area (TPSA) is 71.6 Å². The highest BCUT2D eigenvalue weighted by Gasteiger charge is 2.49. The van der Waals surface area contributed by atoms with Crippen LogP contribution in [0.15, 0.2) is 23.1 Å². The lowest BCUT2D eigenvalue weighted by Gasteiger charge is -2.53. The molecule has 0 bridgehead atoms. The second kappa shape index (κ2) is 6.84. The van der Waals surface area contributed by atoms with Gasteiger partial charge < -0.3 is 19.4 Å². The maximum atomic E-state index is 12.5. The van der Waals surface area contributed by atoms with Crippen molar-refractivity contribution < 1.29 is 14.3 Å². The number of nitrogens with zero attached hydrogens (tertiary/aromatic N) is 1. The lowest BCUT2D eigenvalue weighted by Crippen LogP contribution is -2.54. The minimum atomic E-state index is -0.190. The molecule has 1 saturated heterocycles. The van der Waals surface area contributed by atoms with Gasteiger partial charge in [0.05, 0.1) is 24.9 Å². The number of aromatic nitrogens is 1. The Bertz CT molecular complexity index is 584. The first kappa shape index (κ1) is 16.2. The number of piperidine rings is 1. The summed E-state index contributed by atoms with van der Waals surface area (Å²) in [7, 11) is 1.68. The summed E-state index contributed by atoms with van der Waals surface area (Å²) in [6, 6.07) is 2.98. The maximum absolute atomic E-state index is 12.5. The van der Waals surface area contributed by atoms with Gasteiger partial charge in [-0.25, -0.2) is 0 Å². The molecule has 1 amide bonds. The van der Waals surface area contributed by atoms with E-state index in [1.807, 2.05) is 4.90 Å². The molecule has 1 N–H and O–H groups in total. The van der Waals surface area contributed by atoms with Gasteiger partial charge in [0.1, 0.15) is 0 Å². The van der Waals surface area contributed by atoms with Gasteiger partial charge >= 0.3 is 0 Å². The molecule has 1 atom stereocenters. The third-order valence-electron chi connectivity index (χ3n) is 5.27. The monoisotopic (exact) mass is 320 g/mol. The SMILES string of the molecule is COCCOC1CCC12CCN(C(=O)c1ccc(=O)[nH]c1)CC2. The highest BCUT2D eigenvalue weighted by molar-refractivity contribution is 5.93. The number of hydrogen-bond donors (Lipinski definition) is 1. The van der Waals surface area contributed by atoms with Crippen molar-refractivity contribution in [3.05, 3.63) is 34.2 Å². The van der Waals surface area contributed by atoms with Crippen LogP contribution in [-0.2, 0) is 9.47 Å². The zero-order valence-corrected chi connectivity index (χ0v) is 13.5. The van der Waals surface area contributed by atoms with E-state index in [0.29, 0.717) is 24.9 Å². The Kier molecular flexibility index (Phi) is 4.82. The summed E-state index contributed by atoms with van der Waals surface area (Å²) < 4.78 is 11.0. The van der Waals surface area contributed by atoms with E-state index in [9.17, 15) is 9.59 Å². The molecule has 1 saturated carbocycles. The molecule has 2 heterocycles. The molecule has 6 nitrogen and oxygen atoms in total. The molecule has 1 aliphatic carbocycles. The number of carbonyl (C=O) groups excluding carboxylic acids is 1. The van der Waals surface area contributed by atoms with Gasteiger partial charge in [-0.2, -0.15) is 0 Å². The summed E-state index contributed by atoms with van der Waals surface area (Å²) in [6.07, 6.45) is 6.07. The van der Waals surface area contributed by atoms with Gasteiger partial charge in [-0.15, -0.1) is 0 Å². The number of rotatable bonds is 5. The molecule has 2 fully saturated rings. The van der Waals surface area contributed by atoms with Crippen molar-refractivity contribution in [1.29, 1.82) is 0 Å². The van der Waals surface area contributed by atoms with E-state index < -0.39 is 0 Å². The van der Waals surface area contributed by atoms with E-state index in [2.05, 4.69) is 4.98 Å². The Morgan fingerprint density at radius 1 is 1.30 bits per heavy atom. The summed E-state index contributed by atoms with van der Waals surface area (Å²) in [4.78, 5) is 28.0. The number of pyridine rings is 1. The van der Waals surface area contributed by atoms with Gasteiger partial charge in [-0.1, -0.05) is 0 Å². The largest absolute Gasteiger partial charge is 0.382 e. The van der Waals surface area contributed by atoms with Gasteiger partial charge in [0, 0.05) is 37.9 Å². The van der Waals surface area contributed by atoms with Crippen molar-refractivity contribution in [2.24, 2.45) is 5.41 Å². The number of likely N-dealkylation sites (tertiary alicyclic amines) is 1. The molecule has 0 aromatic carbocycles. The predicted molar refractivity (Wildman–Crippen MR) is 85.5 cm³/mol. The number of H-pyrrole nitrogens is 1. The maximum Gasteiger partial charge on any atom is 0.255 e. The first-order chi connectivity index (χ1) is 11.1. The zero-order chi connectivity index (χ0) is 16.3. The number of aromatic amines is 1. The standard InChI is InChI=1S/C17H24N2O4/c1-22-10-11-23-14-4-5-17(14)6-8-19(9-7-17)16(21)13-2-3-15(20)18-12-13/h2-3,12,14H,4-11H2,1H3,(H,18,20). The molecular weight excluding hydrogens is 296 g/mol. The molecule has 23 heavy (non-hydrogen) atoms. The lowest BCUT2D eigenvalue weighted by molar-refractivity contribution is -0.139. The highest BCUT2D eigenvalue weighted by Crippen LogP contribution is 2.50. The van der Waals surface area contributed by atoms with Crippen molar-refractivity contribution in [3.63, 3.8) is 0 Å². The van der Waals surface area contributed by atoms with Gasteiger partial charge in [-0.3, -0.25) is 9.59 Å². The second-order valence-corrected chi connectivity index (χ2v) is 6.49. The van der Waals surface area contributed by atoms with Crippen LogP contribution < -0.4 is 5.56 Å². The smallest absolute Gasteiger partial charge is 0.255 e. The lowest BCUT2D eigenvalue weighted by atomic mass is 9.60. The summed E-state index contributed by atoms with van der Waals surface area (Å²) in [6.45, 7) is 2.77. The molecular formula is C17H24N2O4. The normalized spacial score (nSPS) is 22.8. The van der Waals surface area contributed by atoms with Crippen LogP contribution >= 0.6 is 0 Å². The van der Waals surface area contributed by atoms with E-state index in [-0.39, 0.29) is 16.9 Å². The van der Waals surface area contributed by atoms with Gasteiger partial charge in [0.2, 0.25) is 5.56 Å². The molecule has 0 radical (unpaired) electrons. The Morgan fingerprint density at radius 2 is 2.09 bits per heavy atom. The summed E-state index contributed by atoms with van der Waals surface area (Å²) >= 11 is 0. The molecule has 1 spiro atoms. The minimum absolute atomic E-state index is 0.00715. The fourth-order valence-corrected chi connectivity index (χ4v) is 3.66. The van der Waals surface area contributed by atoms with Crippen LogP contribution in [0, 0.1) is 5.41 Å². The van der Waals surface area contributed by atoms with E-state index in [1.54, 1.807) is 13.2 Å². The molecule has 3 rings (SSSR count). The van der Waals surface area contributed by atoms with Crippen molar-refractivity contribution in [1.82, 2.24) is 9.88 Å². The van der Waals surface area contributed by atoms with Crippen LogP contribution in [0.4, 0.5) is 0 Å². The molecule has 2 aliphatic rings. The third kappa shape index (κ3) is 3.33. The number of carbonyl (C=O) groups is 1. The van der Waals surface area contributed by atoms with Crippen molar-refractivity contribution in [2.75, 3.05) is 33.4 Å². The zero-order valence-electron chi connectivity index (χ0n) is 13.5. The van der Waals surface area contributed by atoms with Crippen LogP contribution in [0.5, 0.6) is 0 Å². The minimum Gasteiger partial charge on any atom is -0.382 e. The first-order valence-electron chi connectivity index (χ1n) is 8.23. The number of amides is 1. The average molecular weight is 320 g/mol. The molecule has 1 aromatic heterocycles. The fraction of sp³-hybridized carbons (Fsp3) is 0.647. The Hall–Kier alpha value is -1.66. The highest BCUT2D eigenvalue weighted by atomic mass is 16.5. The molecule has 1 aromatic rings. The Balaban J connectivity index is 1.55. The first-order valence-corrected chi connectivity index (χ1v) is 8.23. The van der Waals surface area contributed by atoms with E-state index >= 15 is 0 Å². The molecule has 1 unspecified atom stereocenters. The van der Waals surface area contributed by atoms with Crippen LogP contribution in [0.3, 0.4) is 0 Å². The van der Waals surface area contributed by atoms with Crippen LogP contribution in [0.1, 0.15) is 36.0 Å². The fourth-order valence-electron chi connectivity index (χ4n) is 3.66. The Morgan fingerprint density at radius 3 is 2.65 bits per heavy atom. The predicted octanol–water partition coefficient (Wildman–Crippen LogP) is 1.42. The van der Waals surface area contributed by atoms with E-state index in [1.165, 1.54) is 18.7 Å². The van der Waals surface area contributed by atoms with Gasteiger partial charge in [0.25, 0.3) is 5.91 Å². The number of nitrogens with one attached hydrogen (secondary N) is 1. The van der Waals surface area contributed by atoms with Gasteiger partial charge in [0.15, 0.2) is 0 Å². The average Bonchev–Trinajstić information content (AvgIpc) is 2.58. The summed E-state index contributed by atoms with van der Waals surface area (Å²) in [5.41, 5.74) is 0.599. The van der Waals surface area contributed by atoms with Crippen molar-refractivity contribution >= 4 is 5.91 Å². The van der Waals surface area contributed by atoms with Crippen LogP contribution in [0.2, 0.25) is 0 Å². The van der Waals surface area contributed by atoms with Crippen molar-refractivity contribution in [2.45, 2.75) is 31.8 Å².